The van der Waals surface area contributed by atoms with E-state index in [1.807, 2.05) is 67.8 Å². The van der Waals surface area contributed by atoms with Crippen molar-refractivity contribution in [3.05, 3.63) is 76.1 Å². The average molecular weight is 423 g/mol. The van der Waals surface area contributed by atoms with Crippen LogP contribution in [0.25, 0.3) is 5.69 Å². The molecule has 0 aliphatic carbocycles. The molecule has 0 saturated carbocycles. The van der Waals surface area contributed by atoms with Gasteiger partial charge in [-0.05, 0) is 57.5 Å². The largest absolute Gasteiger partial charge is 0.497 e. The van der Waals surface area contributed by atoms with E-state index >= 15 is 0 Å². The first kappa shape index (κ1) is 22.4. The number of aromatic carboxylic acids is 1. The lowest BCUT2D eigenvalue weighted by Gasteiger charge is -2.12. The second-order valence-corrected chi connectivity index (χ2v) is 7.61. The first-order chi connectivity index (χ1) is 14.9. The molecule has 0 aliphatic heterocycles. The SMILES string of the molecule is COc1ccc(CCNCc2c(C(=O)O)c(C)n(-c3ccc(C)cc3)c2C)c(OC)c1. The minimum Gasteiger partial charge on any atom is -0.497 e. The molecular weight excluding hydrogens is 392 g/mol. The standard InChI is InChI=1S/C25H30N2O4/c1-16-6-9-20(10-7-16)27-17(2)22(24(18(27)3)25(28)29)15-26-13-12-19-8-11-21(30-4)14-23(19)31-5/h6-11,14,26H,12-13,15H2,1-5H3,(H,28,29). The second-order valence-electron chi connectivity index (χ2n) is 7.61. The lowest BCUT2D eigenvalue weighted by molar-refractivity contribution is 0.0695. The van der Waals surface area contributed by atoms with Gasteiger partial charge in [0.25, 0.3) is 0 Å². The Hall–Kier alpha value is -3.25. The van der Waals surface area contributed by atoms with Crippen LogP contribution in [-0.4, -0.2) is 36.4 Å². The minimum absolute atomic E-state index is 0.368. The third kappa shape index (κ3) is 4.75. The Morgan fingerprint density at radius 1 is 1.00 bits per heavy atom. The van der Waals surface area contributed by atoms with Crippen molar-refractivity contribution in [3.8, 4) is 17.2 Å². The number of aryl methyl sites for hydroxylation is 1. The number of carboxylic acid groups (broad SMARTS) is 1. The zero-order chi connectivity index (χ0) is 22.5. The van der Waals surface area contributed by atoms with Gasteiger partial charge in [0.2, 0.25) is 0 Å². The smallest absolute Gasteiger partial charge is 0.337 e. The molecule has 3 aromatic rings. The molecule has 0 saturated heterocycles. The van der Waals surface area contributed by atoms with Crippen molar-refractivity contribution in [1.29, 1.82) is 0 Å². The van der Waals surface area contributed by atoms with Gasteiger partial charge >= 0.3 is 5.97 Å². The molecule has 1 heterocycles. The zero-order valence-electron chi connectivity index (χ0n) is 18.8. The number of nitrogens with zero attached hydrogens (tertiary/aromatic N) is 1. The monoisotopic (exact) mass is 422 g/mol. The molecule has 6 heteroatoms. The van der Waals surface area contributed by atoms with Gasteiger partial charge in [-0.3, -0.25) is 0 Å². The number of aromatic nitrogens is 1. The van der Waals surface area contributed by atoms with E-state index in [0.29, 0.717) is 18.7 Å². The van der Waals surface area contributed by atoms with Gasteiger partial charge in [0.15, 0.2) is 0 Å². The normalized spacial score (nSPS) is 10.9. The predicted molar refractivity (Wildman–Crippen MR) is 122 cm³/mol. The summed E-state index contributed by atoms with van der Waals surface area (Å²) in [7, 11) is 3.27. The lowest BCUT2D eigenvalue weighted by atomic mass is 10.1. The third-order valence-electron chi connectivity index (χ3n) is 5.64. The molecule has 2 aromatic carbocycles. The highest BCUT2D eigenvalue weighted by atomic mass is 16.5. The molecule has 2 N–H and O–H groups in total. The number of nitrogens with one attached hydrogen (secondary N) is 1. The lowest BCUT2D eigenvalue weighted by Crippen LogP contribution is -2.19. The Labute approximate surface area is 183 Å². The third-order valence-corrected chi connectivity index (χ3v) is 5.64. The van der Waals surface area contributed by atoms with Gasteiger partial charge < -0.3 is 24.5 Å². The van der Waals surface area contributed by atoms with Crippen molar-refractivity contribution in [1.82, 2.24) is 9.88 Å². The average Bonchev–Trinajstić information content (AvgIpc) is 3.01. The van der Waals surface area contributed by atoms with Crippen LogP contribution in [0.15, 0.2) is 42.5 Å². The Morgan fingerprint density at radius 2 is 1.71 bits per heavy atom. The summed E-state index contributed by atoms with van der Waals surface area (Å²) in [5, 5.41) is 13.3. The summed E-state index contributed by atoms with van der Waals surface area (Å²) in [5.41, 5.74) is 6.06. The predicted octanol–water partition coefficient (Wildman–Crippen LogP) is 4.45. The van der Waals surface area contributed by atoms with E-state index in [1.165, 1.54) is 5.56 Å². The highest BCUT2D eigenvalue weighted by Gasteiger charge is 2.23. The van der Waals surface area contributed by atoms with E-state index in [-0.39, 0.29) is 0 Å². The molecule has 0 aliphatic rings. The summed E-state index contributed by atoms with van der Waals surface area (Å²) in [6, 6.07) is 13.9. The number of carbonyl (C=O) groups is 1. The summed E-state index contributed by atoms with van der Waals surface area (Å²) in [5.74, 6) is 0.633. The fraction of sp³-hybridized carbons (Fsp3) is 0.320. The molecule has 0 fully saturated rings. The van der Waals surface area contributed by atoms with Crippen molar-refractivity contribution >= 4 is 5.97 Å². The van der Waals surface area contributed by atoms with Crippen LogP contribution in [-0.2, 0) is 13.0 Å². The Morgan fingerprint density at radius 3 is 2.32 bits per heavy atom. The van der Waals surface area contributed by atoms with Crippen LogP contribution in [0.2, 0.25) is 0 Å². The van der Waals surface area contributed by atoms with Crippen LogP contribution < -0.4 is 14.8 Å². The highest BCUT2D eigenvalue weighted by molar-refractivity contribution is 5.91. The second kappa shape index (κ2) is 9.71. The quantitative estimate of drug-likeness (QED) is 0.499. The summed E-state index contributed by atoms with van der Waals surface area (Å²) >= 11 is 0. The molecule has 0 bridgehead atoms. The van der Waals surface area contributed by atoms with Gasteiger partial charge in [-0.15, -0.1) is 0 Å². The summed E-state index contributed by atoms with van der Waals surface area (Å²) in [6.07, 6.45) is 0.756. The maximum absolute atomic E-state index is 12.0. The summed E-state index contributed by atoms with van der Waals surface area (Å²) < 4.78 is 12.7. The van der Waals surface area contributed by atoms with E-state index in [9.17, 15) is 9.90 Å². The molecule has 1 aromatic heterocycles. The van der Waals surface area contributed by atoms with E-state index in [1.54, 1.807) is 14.2 Å². The van der Waals surface area contributed by atoms with Crippen LogP contribution in [0.1, 0.15) is 38.4 Å². The number of ether oxygens (including phenoxy) is 2. The van der Waals surface area contributed by atoms with Gasteiger partial charge in [0.1, 0.15) is 11.5 Å². The van der Waals surface area contributed by atoms with Crippen LogP contribution in [0, 0.1) is 20.8 Å². The van der Waals surface area contributed by atoms with Crippen LogP contribution in [0.5, 0.6) is 11.5 Å². The molecule has 0 spiro atoms. The Bertz CT molecular complexity index is 1070. The van der Waals surface area contributed by atoms with Crippen molar-refractivity contribution in [2.45, 2.75) is 33.7 Å². The van der Waals surface area contributed by atoms with Crippen molar-refractivity contribution in [3.63, 3.8) is 0 Å². The molecule has 0 radical (unpaired) electrons. The Balaban J connectivity index is 1.78. The van der Waals surface area contributed by atoms with E-state index in [0.717, 1.165) is 46.1 Å². The van der Waals surface area contributed by atoms with Crippen LogP contribution in [0.4, 0.5) is 0 Å². The fourth-order valence-electron chi connectivity index (χ4n) is 3.97. The minimum atomic E-state index is -0.903. The summed E-state index contributed by atoms with van der Waals surface area (Å²) in [4.78, 5) is 12.0. The molecule has 0 amide bonds. The number of methoxy groups -OCH3 is 2. The van der Waals surface area contributed by atoms with Gasteiger partial charge in [-0.25, -0.2) is 4.79 Å². The van der Waals surface area contributed by atoms with Gasteiger partial charge in [-0.2, -0.15) is 0 Å². The maximum atomic E-state index is 12.0. The molecule has 164 valence electrons. The highest BCUT2D eigenvalue weighted by Crippen LogP contribution is 2.27. The molecule has 31 heavy (non-hydrogen) atoms. The molecule has 0 unspecified atom stereocenters. The molecule has 6 nitrogen and oxygen atoms in total. The van der Waals surface area contributed by atoms with E-state index in [2.05, 4.69) is 5.32 Å². The van der Waals surface area contributed by atoms with E-state index in [4.69, 9.17) is 9.47 Å². The van der Waals surface area contributed by atoms with Gasteiger partial charge in [0, 0.05) is 35.2 Å². The molecule has 3 rings (SSSR count). The van der Waals surface area contributed by atoms with Gasteiger partial charge in [-0.1, -0.05) is 23.8 Å². The zero-order valence-corrected chi connectivity index (χ0v) is 18.8. The van der Waals surface area contributed by atoms with Crippen LogP contribution in [0.3, 0.4) is 0 Å². The summed E-state index contributed by atoms with van der Waals surface area (Å²) in [6.45, 7) is 7.04. The van der Waals surface area contributed by atoms with E-state index < -0.39 is 5.97 Å². The number of hydrogen-bond donors (Lipinski definition) is 2. The number of rotatable bonds is 9. The number of carboxylic acids is 1. The first-order valence-corrected chi connectivity index (χ1v) is 10.3. The van der Waals surface area contributed by atoms with Crippen molar-refractivity contribution in [2.75, 3.05) is 20.8 Å². The molecule has 0 atom stereocenters. The van der Waals surface area contributed by atoms with Crippen molar-refractivity contribution < 1.29 is 19.4 Å². The fourth-order valence-corrected chi connectivity index (χ4v) is 3.97. The maximum Gasteiger partial charge on any atom is 0.337 e. The number of benzene rings is 2. The topological polar surface area (TPSA) is 72.7 Å². The number of hydrogen-bond acceptors (Lipinski definition) is 4. The Kier molecular flexibility index (Phi) is 7.02. The van der Waals surface area contributed by atoms with Gasteiger partial charge in [0.05, 0.1) is 19.8 Å². The van der Waals surface area contributed by atoms with Crippen LogP contribution >= 0.6 is 0 Å². The first-order valence-electron chi connectivity index (χ1n) is 10.3. The molecular formula is C25H30N2O4. The van der Waals surface area contributed by atoms with Crippen molar-refractivity contribution in [2.24, 2.45) is 0 Å².